The highest BCUT2D eigenvalue weighted by Gasteiger charge is 2.27. The maximum atomic E-state index is 13.1. The molecule has 0 spiro atoms. The van der Waals surface area contributed by atoms with Crippen molar-refractivity contribution in [3.63, 3.8) is 0 Å². The Kier molecular flexibility index (Phi) is 7.51. The second-order valence-electron chi connectivity index (χ2n) is 8.29. The number of anilines is 1. The Morgan fingerprint density at radius 1 is 1.00 bits per heavy atom. The normalized spacial score (nSPS) is 16.6. The molecule has 2 fully saturated rings. The van der Waals surface area contributed by atoms with Crippen molar-refractivity contribution in [1.82, 2.24) is 10.2 Å². The summed E-state index contributed by atoms with van der Waals surface area (Å²) in [6.45, 7) is 4.58. The summed E-state index contributed by atoms with van der Waals surface area (Å²) in [6.07, 6.45) is 4.68. The lowest BCUT2D eigenvalue weighted by Crippen LogP contribution is -2.45. The summed E-state index contributed by atoms with van der Waals surface area (Å²) in [6, 6.07) is 15.2. The molecule has 160 valence electrons. The van der Waals surface area contributed by atoms with Crippen LogP contribution in [0.1, 0.15) is 52.0 Å². The number of nitrogens with one attached hydrogen (secondary N) is 2. The zero-order valence-electron chi connectivity index (χ0n) is 17.4. The van der Waals surface area contributed by atoms with Crippen LogP contribution in [0.15, 0.2) is 48.5 Å². The molecule has 6 heteroatoms. The number of piperidine rings is 1. The van der Waals surface area contributed by atoms with E-state index in [-0.39, 0.29) is 24.2 Å². The number of amides is 2. The predicted molar refractivity (Wildman–Crippen MR) is 122 cm³/mol. The van der Waals surface area contributed by atoms with E-state index in [1.807, 2.05) is 42.2 Å². The molecule has 2 N–H and O–H groups in total. The second kappa shape index (κ2) is 10.1. The molecule has 2 aromatic rings. The number of benzene rings is 2. The number of carbonyl (C=O) groups excluding carboxylic acids is 2. The Labute approximate surface area is 184 Å². The van der Waals surface area contributed by atoms with Crippen LogP contribution in [-0.2, 0) is 0 Å². The molecule has 1 saturated heterocycles. The zero-order valence-corrected chi connectivity index (χ0v) is 18.2. The van der Waals surface area contributed by atoms with Crippen molar-refractivity contribution in [2.24, 2.45) is 5.92 Å². The number of nitrogens with zero attached hydrogens (tertiary/aromatic N) is 1. The Bertz CT molecular complexity index is 890. The summed E-state index contributed by atoms with van der Waals surface area (Å²) in [5.41, 5.74) is 2.74. The highest BCUT2D eigenvalue weighted by molar-refractivity contribution is 6.09. The maximum absolute atomic E-state index is 13.1. The molecule has 2 amide bonds. The van der Waals surface area contributed by atoms with Crippen LogP contribution in [-0.4, -0.2) is 42.4 Å². The van der Waals surface area contributed by atoms with Gasteiger partial charge in [-0.3, -0.25) is 9.59 Å². The van der Waals surface area contributed by atoms with Gasteiger partial charge >= 0.3 is 0 Å². The molecule has 0 bridgehead atoms. The van der Waals surface area contributed by atoms with Crippen LogP contribution in [0.2, 0.25) is 0 Å². The fraction of sp³-hybridized carbons (Fsp3) is 0.417. The first-order chi connectivity index (χ1) is 14.1. The Morgan fingerprint density at radius 3 is 2.43 bits per heavy atom. The maximum Gasteiger partial charge on any atom is 0.255 e. The third-order valence-corrected chi connectivity index (χ3v) is 5.86. The number of likely N-dealkylation sites (tertiary alicyclic amines) is 1. The number of hydrogen-bond donors (Lipinski definition) is 2. The van der Waals surface area contributed by atoms with Crippen LogP contribution >= 0.6 is 12.4 Å². The molecule has 1 heterocycles. The minimum absolute atomic E-state index is 0. The lowest BCUT2D eigenvalue weighted by molar-refractivity contribution is 0.0706. The number of para-hydroxylation sites is 1. The van der Waals surface area contributed by atoms with Gasteiger partial charge in [0, 0.05) is 24.7 Å². The summed E-state index contributed by atoms with van der Waals surface area (Å²) in [4.78, 5) is 27.7. The minimum atomic E-state index is -0.197. The lowest BCUT2D eigenvalue weighted by atomic mass is 10.0. The van der Waals surface area contributed by atoms with Gasteiger partial charge in [0.1, 0.15) is 0 Å². The molecule has 30 heavy (non-hydrogen) atoms. The van der Waals surface area contributed by atoms with Gasteiger partial charge in [0.15, 0.2) is 0 Å². The summed E-state index contributed by atoms with van der Waals surface area (Å²) < 4.78 is 0. The number of halogens is 1. The SMILES string of the molecule is Cc1cccc(C(=O)Nc2ccccc2C(=O)N2CCC(NCC3CC3)CC2)c1.Cl. The van der Waals surface area contributed by atoms with Crippen LogP contribution in [0.5, 0.6) is 0 Å². The first-order valence-corrected chi connectivity index (χ1v) is 10.6. The standard InChI is InChI=1S/C24H29N3O2.ClH/c1-17-5-4-6-19(15-17)23(28)26-22-8-3-2-7-21(22)24(29)27-13-11-20(12-14-27)25-16-18-9-10-18;/h2-8,15,18,20,25H,9-14,16H2,1H3,(H,26,28);1H. The van der Waals surface area contributed by atoms with Crippen molar-refractivity contribution < 1.29 is 9.59 Å². The monoisotopic (exact) mass is 427 g/mol. The number of carbonyl (C=O) groups is 2. The molecular weight excluding hydrogens is 398 g/mol. The summed E-state index contributed by atoms with van der Waals surface area (Å²) >= 11 is 0. The highest BCUT2D eigenvalue weighted by Crippen LogP contribution is 2.28. The van der Waals surface area contributed by atoms with Crippen LogP contribution in [0.25, 0.3) is 0 Å². The molecular formula is C24H30ClN3O2. The molecule has 0 radical (unpaired) electrons. The Balaban J connectivity index is 0.00000256. The van der Waals surface area contributed by atoms with E-state index in [2.05, 4.69) is 10.6 Å². The van der Waals surface area contributed by atoms with E-state index in [9.17, 15) is 9.59 Å². The first kappa shape index (κ1) is 22.3. The van der Waals surface area contributed by atoms with E-state index in [1.54, 1.807) is 18.2 Å². The Hall–Kier alpha value is -2.37. The molecule has 0 unspecified atom stereocenters. The largest absolute Gasteiger partial charge is 0.338 e. The van der Waals surface area contributed by atoms with Crippen molar-refractivity contribution in [1.29, 1.82) is 0 Å². The van der Waals surface area contributed by atoms with Gasteiger partial charge in [-0.1, -0.05) is 29.8 Å². The topological polar surface area (TPSA) is 61.4 Å². The fourth-order valence-electron chi connectivity index (χ4n) is 3.87. The van der Waals surface area contributed by atoms with Crippen molar-refractivity contribution in [3.8, 4) is 0 Å². The van der Waals surface area contributed by atoms with Gasteiger partial charge in [0.2, 0.25) is 0 Å². The average molecular weight is 428 g/mol. The fourth-order valence-corrected chi connectivity index (χ4v) is 3.87. The van der Waals surface area contributed by atoms with E-state index in [1.165, 1.54) is 12.8 Å². The summed E-state index contributed by atoms with van der Waals surface area (Å²) in [7, 11) is 0. The molecule has 2 aliphatic rings. The smallest absolute Gasteiger partial charge is 0.255 e. The van der Waals surface area contributed by atoms with Gasteiger partial charge in [-0.15, -0.1) is 12.4 Å². The molecule has 0 aromatic heterocycles. The van der Waals surface area contributed by atoms with Crippen LogP contribution in [0, 0.1) is 12.8 Å². The van der Waals surface area contributed by atoms with Gasteiger partial charge in [-0.05, 0) is 69.3 Å². The summed E-state index contributed by atoms with van der Waals surface area (Å²) in [5, 5.41) is 6.57. The molecule has 4 rings (SSSR count). The third kappa shape index (κ3) is 5.61. The van der Waals surface area contributed by atoms with E-state index in [4.69, 9.17) is 0 Å². The quantitative estimate of drug-likeness (QED) is 0.723. The van der Waals surface area contributed by atoms with Crippen molar-refractivity contribution in [3.05, 3.63) is 65.2 Å². The van der Waals surface area contributed by atoms with Crippen molar-refractivity contribution in [2.45, 2.75) is 38.6 Å². The first-order valence-electron chi connectivity index (χ1n) is 10.6. The lowest BCUT2D eigenvalue weighted by Gasteiger charge is -2.33. The van der Waals surface area contributed by atoms with Crippen LogP contribution in [0.3, 0.4) is 0 Å². The predicted octanol–water partition coefficient (Wildman–Crippen LogP) is 4.27. The molecule has 1 saturated carbocycles. The van der Waals surface area contributed by atoms with Crippen LogP contribution in [0.4, 0.5) is 5.69 Å². The number of hydrogen-bond acceptors (Lipinski definition) is 3. The Morgan fingerprint density at radius 2 is 1.73 bits per heavy atom. The average Bonchev–Trinajstić information content (AvgIpc) is 3.57. The van der Waals surface area contributed by atoms with Gasteiger partial charge in [0.25, 0.3) is 11.8 Å². The van der Waals surface area contributed by atoms with Crippen molar-refractivity contribution in [2.75, 3.05) is 25.0 Å². The van der Waals surface area contributed by atoms with E-state index in [0.29, 0.717) is 22.9 Å². The molecule has 5 nitrogen and oxygen atoms in total. The molecule has 1 aliphatic carbocycles. The van der Waals surface area contributed by atoms with E-state index in [0.717, 1.165) is 44.0 Å². The van der Waals surface area contributed by atoms with E-state index < -0.39 is 0 Å². The van der Waals surface area contributed by atoms with Crippen LogP contribution < -0.4 is 10.6 Å². The van der Waals surface area contributed by atoms with Gasteiger partial charge in [0.05, 0.1) is 11.3 Å². The second-order valence-corrected chi connectivity index (χ2v) is 8.29. The molecule has 1 aliphatic heterocycles. The molecule has 0 atom stereocenters. The zero-order chi connectivity index (χ0) is 20.2. The number of aryl methyl sites for hydroxylation is 1. The minimum Gasteiger partial charge on any atom is -0.338 e. The third-order valence-electron chi connectivity index (χ3n) is 5.86. The molecule has 2 aromatic carbocycles. The van der Waals surface area contributed by atoms with Gasteiger partial charge < -0.3 is 15.5 Å². The van der Waals surface area contributed by atoms with Gasteiger partial charge in [-0.25, -0.2) is 0 Å². The van der Waals surface area contributed by atoms with Gasteiger partial charge in [-0.2, -0.15) is 0 Å². The van der Waals surface area contributed by atoms with Crippen molar-refractivity contribution >= 4 is 29.9 Å². The summed E-state index contributed by atoms with van der Waals surface area (Å²) in [5.74, 6) is 0.668. The number of rotatable bonds is 6. The van der Waals surface area contributed by atoms with E-state index >= 15 is 0 Å². The highest BCUT2D eigenvalue weighted by atomic mass is 35.5.